The number of aromatic nitrogens is 2. The van der Waals surface area contributed by atoms with E-state index in [1.165, 1.54) is 4.57 Å². The molecule has 0 spiro atoms. The van der Waals surface area contributed by atoms with E-state index in [2.05, 4.69) is 5.32 Å². The highest BCUT2D eigenvalue weighted by molar-refractivity contribution is 5.90. The normalized spacial score (nSPS) is 20.0. The minimum atomic E-state index is -1.94. The smallest absolute Gasteiger partial charge is 0.343 e. The molecule has 8 nitrogen and oxygen atoms in total. The largest absolute Gasteiger partial charge is 0.458 e. The number of rotatable bonds is 6. The first-order valence-electron chi connectivity index (χ1n) is 12.3. The van der Waals surface area contributed by atoms with E-state index in [4.69, 9.17) is 9.72 Å². The van der Waals surface area contributed by atoms with Crippen LogP contribution in [0.15, 0.2) is 23.0 Å². The Balaban J connectivity index is 1.73. The molecule has 0 saturated heterocycles. The van der Waals surface area contributed by atoms with Crippen molar-refractivity contribution in [2.24, 2.45) is 0 Å². The van der Waals surface area contributed by atoms with Gasteiger partial charge >= 0.3 is 5.97 Å². The number of ether oxygens (including phenoxy) is 1. The van der Waals surface area contributed by atoms with Crippen molar-refractivity contribution in [1.29, 1.82) is 0 Å². The molecule has 0 saturated carbocycles. The number of carbonyl (C=O) groups excluding carboxylic acids is 1. The summed E-state index contributed by atoms with van der Waals surface area (Å²) >= 11 is 0. The fourth-order valence-corrected chi connectivity index (χ4v) is 5.45. The summed E-state index contributed by atoms with van der Waals surface area (Å²) in [5.41, 5.74) is 1.08. The molecule has 4 heterocycles. The predicted molar refractivity (Wildman–Crippen MR) is 132 cm³/mol. The Kier molecular flexibility index (Phi) is 5.97. The number of esters is 1. The Morgan fingerprint density at radius 1 is 1.28 bits per heavy atom. The van der Waals surface area contributed by atoms with E-state index in [9.17, 15) is 19.8 Å². The summed E-state index contributed by atoms with van der Waals surface area (Å²) in [6.45, 7) is 7.24. The number of nitrogens with zero attached hydrogens (tertiary/aromatic N) is 2. The van der Waals surface area contributed by atoms with Crippen LogP contribution < -0.4 is 10.9 Å². The minimum absolute atomic E-state index is 0.00899. The molecule has 9 heteroatoms. The number of aliphatic hydroxyl groups is 2. The van der Waals surface area contributed by atoms with E-state index in [1.807, 2.05) is 32.9 Å². The molecule has 2 aromatic heterocycles. The number of aryl methyl sites for hydroxylation is 1. The Morgan fingerprint density at radius 2 is 2.03 bits per heavy atom. The molecule has 0 fully saturated rings. The van der Waals surface area contributed by atoms with Crippen molar-refractivity contribution in [3.8, 4) is 11.4 Å². The van der Waals surface area contributed by atoms with Gasteiger partial charge in [-0.2, -0.15) is 0 Å². The molecule has 36 heavy (non-hydrogen) atoms. The maximum atomic E-state index is 16.1. The molecule has 1 aromatic carbocycles. The lowest BCUT2D eigenvalue weighted by Gasteiger charge is -2.31. The van der Waals surface area contributed by atoms with Gasteiger partial charge in [-0.05, 0) is 50.8 Å². The average molecular weight is 496 g/mol. The molecule has 0 amide bonds. The zero-order valence-corrected chi connectivity index (χ0v) is 20.8. The molecule has 5 rings (SSSR count). The highest BCUT2D eigenvalue weighted by atomic mass is 19.1. The van der Waals surface area contributed by atoms with Crippen molar-refractivity contribution >= 4 is 16.9 Å². The second-order valence-corrected chi connectivity index (χ2v) is 9.85. The Bertz CT molecular complexity index is 1470. The number of halogens is 1. The van der Waals surface area contributed by atoms with Gasteiger partial charge in [0.2, 0.25) is 0 Å². The number of fused-ring (bicyclic) bond motifs is 5. The molecule has 3 atom stereocenters. The summed E-state index contributed by atoms with van der Waals surface area (Å²) in [6.07, 6.45) is 0.613. The fourth-order valence-electron chi connectivity index (χ4n) is 5.45. The zero-order chi connectivity index (χ0) is 25.9. The lowest BCUT2D eigenvalue weighted by Crippen LogP contribution is -2.44. The molecule has 0 aliphatic carbocycles. The number of hydrogen-bond acceptors (Lipinski definition) is 7. The first-order valence-corrected chi connectivity index (χ1v) is 12.3. The highest BCUT2D eigenvalue weighted by Crippen LogP contribution is 2.41. The summed E-state index contributed by atoms with van der Waals surface area (Å²) in [5, 5.41) is 24.2. The predicted octanol–water partition coefficient (Wildman–Crippen LogP) is 2.95. The summed E-state index contributed by atoms with van der Waals surface area (Å²) < 4.78 is 22.6. The number of benzene rings is 1. The highest BCUT2D eigenvalue weighted by Gasteiger charge is 2.45. The van der Waals surface area contributed by atoms with Crippen LogP contribution in [0.1, 0.15) is 67.5 Å². The van der Waals surface area contributed by atoms with Crippen LogP contribution in [0.4, 0.5) is 4.39 Å². The van der Waals surface area contributed by atoms with Crippen molar-refractivity contribution in [3.63, 3.8) is 0 Å². The molecule has 3 N–H and O–H groups in total. The van der Waals surface area contributed by atoms with Crippen molar-refractivity contribution in [2.75, 3.05) is 6.61 Å². The van der Waals surface area contributed by atoms with Crippen LogP contribution in [0.5, 0.6) is 0 Å². The van der Waals surface area contributed by atoms with E-state index < -0.39 is 22.9 Å². The van der Waals surface area contributed by atoms with Crippen LogP contribution >= 0.6 is 0 Å². The third-order valence-corrected chi connectivity index (χ3v) is 7.58. The molecular formula is C27H30FN3O5. The average Bonchev–Trinajstić information content (AvgIpc) is 3.21. The van der Waals surface area contributed by atoms with Gasteiger partial charge in [-0.15, -0.1) is 0 Å². The number of cyclic esters (lactones) is 1. The molecule has 0 bridgehead atoms. The van der Waals surface area contributed by atoms with Crippen LogP contribution in [0.3, 0.4) is 0 Å². The van der Waals surface area contributed by atoms with E-state index in [-0.39, 0.29) is 49.4 Å². The van der Waals surface area contributed by atoms with E-state index in [0.717, 1.165) is 11.1 Å². The third kappa shape index (κ3) is 3.48. The first-order chi connectivity index (χ1) is 17.1. The molecule has 2 aliphatic rings. The second kappa shape index (κ2) is 8.76. The maximum absolute atomic E-state index is 16.1. The van der Waals surface area contributed by atoms with Crippen LogP contribution in [0, 0.1) is 12.7 Å². The maximum Gasteiger partial charge on any atom is 0.343 e. The van der Waals surface area contributed by atoms with E-state index in [1.54, 1.807) is 13.0 Å². The molecule has 3 aromatic rings. The molecule has 0 radical (unpaired) electrons. The Morgan fingerprint density at radius 3 is 2.72 bits per heavy atom. The SMILES string of the molecule is CC[C@@]1(O)C(=O)OCc2c1cc1n(c2=O)Cc2c-1nc1c(C(C)N[C@@H](C)CCO)ccc(C)c1c2F. The number of nitrogens with one attached hydrogen (secondary N) is 1. The Labute approximate surface area is 207 Å². The van der Waals surface area contributed by atoms with Crippen molar-refractivity contribution in [1.82, 2.24) is 14.9 Å². The van der Waals surface area contributed by atoms with Gasteiger partial charge in [0.1, 0.15) is 12.4 Å². The van der Waals surface area contributed by atoms with Gasteiger partial charge in [0.25, 0.3) is 5.56 Å². The third-order valence-electron chi connectivity index (χ3n) is 7.58. The minimum Gasteiger partial charge on any atom is -0.458 e. The number of aliphatic hydroxyl groups excluding tert-OH is 1. The van der Waals surface area contributed by atoms with Gasteiger partial charge in [-0.1, -0.05) is 19.1 Å². The summed E-state index contributed by atoms with van der Waals surface area (Å²) in [5.74, 6) is -1.23. The lowest BCUT2D eigenvalue weighted by atomic mass is 9.86. The molecular weight excluding hydrogens is 465 g/mol. The lowest BCUT2D eigenvalue weighted by molar-refractivity contribution is -0.172. The Hall–Kier alpha value is -3.14. The zero-order valence-electron chi connectivity index (χ0n) is 20.8. The van der Waals surface area contributed by atoms with E-state index in [0.29, 0.717) is 34.3 Å². The standard InChI is InChI=1S/C27H30FN3O5/c1-5-27(35)19-10-20-23-17(11-31(20)25(33)18(19)12-36-26(27)34)22(28)21-13(2)6-7-16(24(21)30-23)15(4)29-14(3)8-9-32/h6-7,10,14-15,29,32,35H,5,8-9,11-12H2,1-4H3/t14-,15?,27-/m0/s1. The van der Waals surface area contributed by atoms with Gasteiger partial charge in [-0.3, -0.25) is 4.79 Å². The van der Waals surface area contributed by atoms with Crippen LogP contribution in [-0.2, 0) is 28.3 Å². The summed E-state index contributed by atoms with van der Waals surface area (Å²) in [6, 6.07) is 5.23. The topological polar surface area (TPSA) is 114 Å². The van der Waals surface area contributed by atoms with Crippen LogP contribution in [0.25, 0.3) is 22.3 Å². The van der Waals surface area contributed by atoms with Crippen LogP contribution in [-0.4, -0.2) is 38.4 Å². The van der Waals surface area contributed by atoms with Gasteiger partial charge in [0.05, 0.1) is 29.0 Å². The van der Waals surface area contributed by atoms with Gasteiger partial charge in [0, 0.05) is 35.2 Å². The van der Waals surface area contributed by atoms with Crippen molar-refractivity contribution < 1.29 is 24.1 Å². The number of pyridine rings is 2. The summed E-state index contributed by atoms with van der Waals surface area (Å²) in [7, 11) is 0. The number of hydrogen-bond donors (Lipinski definition) is 3. The van der Waals surface area contributed by atoms with E-state index >= 15 is 4.39 Å². The molecule has 1 unspecified atom stereocenters. The molecule has 190 valence electrons. The van der Waals surface area contributed by atoms with Crippen molar-refractivity contribution in [3.05, 3.63) is 62.2 Å². The van der Waals surface area contributed by atoms with Crippen LogP contribution in [0.2, 0.25) is 0 Å². The quantitative estimate of drug-likeness (QED) is 0.353. The second-order valence-electron chi connectivity index (χ2n) is 9.85. The fraction of sp³-hybridized carbons (Fsp3) is 0.444. The monoisotopic (exact) mass is 495 g/mol. The molecule has 2 aliphatic heterocycles. The van der Waals surface area contributed by atoms with Gasteiger partial charge in [0.15, 0.2) is 5.60 Å². The first kappa shape index (κ1) is 24.5. The van der Waals surface area contributed by atoms with Crippen molar-refractivity contribution in [2.45, 2.75) is 71.4 Å². The summed E-state index contributed by atoms with van der Waals surface area (Å²) in [4.78, 5) is 30.7. The number of carbonyl (C=O) groups is 1. The van der Waals surface area contributed by atoms with Gasteiger partial charge in [-0.25, -0.2) is 14.2 Å². The van der Waals surface area contributed by atoms with Gasteiger partial charge < -0.3 is 24.8 Å².